The van der Waals surface area contributed by atoms with Crippen molar-refractivity contribution in [3.05, 3.63) is 11.6 Å². The molecule has 0 aliphatic rings. The first kappa shape index (κ1) is 12.3. The lowest BCUT2D eigenvalue weighted by Gasteiger charge is -1.85. The third-order valence-electron chi connectivity index (χ3n) is 0.913. The minimum Gasteiger partial charge on any atom is -0.375 e. The predicted octanol–water partition coefficient (Wildman–Crippen LogP) is 1.01. The zero-order valence-electron chi connectivity index (χ0n) is 7.17. The van der Waals surface area contributed by atoms with Crippen LogP contribution in [0.2, 0.25) is 0 Å². The molecule has 0 spiro atoms. The monoisotopic (exact) mass is 224 g/mol. The van der Waals surface area contributed by atoms with Crippen LogP contribution >= 0.6 is 11.3 Å². The van der Waals surface area contributed by atoms with Crippen molar-refractivity contribution in [2.75, 3.05) is 11.5 Å². The summed E-state index contributed by atoms with van der Waals surface area (Å²) in [6.07, 6.45) is 2.15. The average molecular weight is 224 g/mol. The van der Waals surface area contributed by atoms with E-state index in [4.69, 9.17) is 10.3 Å². The molecule has 0 aliphatic carbocycles. The van der Waals surface area contributed by atoms with Crippen LogP contribution in [-0.4, -0.2) is 23.7 Å². The molecule has 0 atom stereocenters. The Labute approximate surface area is 81.4 Å². The van der Waals surface area contributed by atoms with E-state index < -0.39 is 10.1 Å². The number of hydrogen-bond acceptors (Lipinski definition) is 5. The molecule has 0 amide bonds. The molecule has 0 radical (unpaired) electrons. The fraction of sp³-hybridized carbons (Fsp3) is 0.500. The van der Waals surface area contributed by atoms with Gasteiger partial charge in [0.25, 0.3) is 10.1 Å². The van der Waals surface area contributed by atoms with E-state index in [9.17, 15) is 8.42 Å². The Morgan fingerprint density at radius 2 is 2.31 bits per heavy atom. The third-order valence-corrected chi connectivity index (χ3v) is 2.44. The van der Waals surface area contributed by atoms with Gasteiger partial charge in [-0.15, -0.1) is 11.3 Å². The van der Waals surface area contributed by atoms with Gasteiger partial charge in [-0.3, -0.25) is 4.55 Å². The van der Waals surface area contributed by atoms with Gasteiger partial charge in [0, 0.05) is 11.6 Å². The first-order valence-electron chi connectivity index (χ1n) is 3.56. The Balaban J connectivity index is 0.000000223. The van der Waals surface area contributed by atoms with Gasteiger partial charge in [0.2, 0.25) is 0 Å². The maximum absolute atomic E-state index is 9.79. The average Bonchev–Trinajstić information content (AvgIpc) is 2.38. The molecular weight excluding hydrogens is 212 g/mol. The van der Waals surface area contributed by atoms with Crippen LogP contribution in [0.5, 0.6) is 0 Å². The van der Waals surface area contributed by atoms with Gasteiger partial charge in [0.15, 0.2) is 5.13 Å². The van der Waals surface area contributed by atoms with Gasteiger partial charge < -0.3 is 5.73 Å². The van der Waals surface area contributed by atoms with E-state index in [2.05, 4.69) is 4.98 Å². The molecule has 13 heavy (non-hydrogen) atoms. The smallest absolute Gasteiger partial charge is 0.264 e. The number of nitrogen functional groups attached to an aromatic ring is 1. The Bertz CT molecular complexity index is 307. The van der Waals surface area contributed by atoms with Crippen molar-refractivity contribution in [1.82, 2.24) is 4.98 Å². The van der Waals surface area contributed by atoms with Crippen LogP contribution in [0.1, 0.15) is 13.3 Å². The summed E-state index contributed by atoms with van der Waals surface area (Å²) in [6.45, 7) is 1.69. The Morgan fingerprint density at radius 1 is 1.69 bits per heavy atom. The number of nitrogens with zero attached hydrogens (tertiary/aromatic N) is 1. The van der Waals surface area contributed by atoms with Gasteiger partial charge in [-0.25, -0.2) is 4.98 Å². The van der Waals surface area contributed by atoms with Crippen molar-refractivity contribution >= 4 is 26.6 Å². The van der Waals surface area contributed by atoms with Crippen molar-refractivity contribution < 1.29 is 13.0 Å². The summed E-state index contributed by atoms with van der Waals surface area (Å²) in [7, 11) is -3.67. The van der Waals surface area contributed by atoms with E-state index in [1.165, 1.54) is 11.3 Å². The highest BCUT2D eigenvalue weighted by Gasteiger charge is 1.98. The van der Waals surface area contributed by atoms with Crippen LogP contribution < -0.4 is 5.73 Å². The number of nitrogens with two attached hydrogens (primary N) is 1. The second-order valence-corrected chi connectivity index (χ2v) is 4.65. The molecule has 0 aliphatic heterocycles. The number of rotatable bonds is 2. The zero-order chi connectivity index (χ0) is 10.3. The fourth-order valence-corrected chi connectivity index (χ4v) is 1.39. The van der Waals surface area contributed by atoms with Crippen molar-refractivity contribution in [3.8, 4) is 0 Å². The SMILES string of the molecule is CCCS(=O)(=O)O.Nc1nccs1. The molecule has 76 valence electrons. The topological polar surface area (TPSA) is 93.3 Å². The van der Waals surface area contributed by atoms with Crippen molar-refractivity contribution in [3.63, 3.8) is 0 Å². The van der Waals surface area contributed by atoms with Gasteiger partial charge in [0.05, 0.1) is 5.75 Å². The molecule has 7 heteroatoms. The molecular formula is C6H12N2O3S2. The van der Waals surface area contributed by atoms with E-state index in [0.717, 1.165) is 0 Å². The maximum atomic E-state index is 9.79. The lowest BCUT2D eigenvalue weighted by atomic mass is 10.6. The normalized spacial score (nSPS) is 10.3. The molecule has 1 rings (SSSR count). The molecule has 1 heterocycles. The van der Waals surface area contributed by atoms with Crippen LogP contribution in [0.3, 0.4) is 0 Å². The first-order chi connectivity index (χ1) is 5.95. The Kier molecular flexibility index (Phi) is 5.60. The van der Waals surface area contributed by atoms with E-state index >= 15 is 0 Å². The number of thiazole rings is 1. The number of hydrogen-bond donors (Lipinski definition) is 2. The molecule has 3 N–H and O–H groups in total. The highest BCUT2D eigenvalue weighted by Crippen LogP contribution is 2.02. The molecule has 0 bridgehead atoms. The zero-order valence-corrected chi connectivity index (χ0v) is 8.81. The van der Waals surface area contributed by atoms with Gasteiger partial charge in [-0.2, -0.15) is 8.42 Å². The number of anilines is 1. The first-order valence-corrected chi connectivity index (χ1v) is 6.04. The summed E-state index contributed by atoms with van der Waals surface area (Å²) in [5, 5.41) is 2.48. The van der Waals surface area contributed by atoms with Gasteiger partial charge in [-0.05, 0) is 6.42 Å². The van der Waals surface area contributed by atoms with Gasteiger partial charge in [-0.1, -0.05) is 6.92 Å². The molecule has 0 saturated carbocycles. The number of aromatic nitrogens is 1. The van der Waals surface area contributed by atoms with Crippen molar-refractivity contribution in [1.29, 1.82) is 0 Å². The molecule has 0 unspecified atom stereocenters. The lowest BCUT2D eigenvalue weighted by molar-refractivity contribution is 0.482. The quantitative estimate of drug-likeness (QED) is 0.731. The van der Waals surface area contributed by atoms with E-state index in [0.29, 0.717) is 11.6 Å². The summed E-state index contributed by atoms with van der Waals surface area (Å²) < 4.78 is 27.6. The van der Waals surface area contributed by atoms with E-state index in [1.807, 2.05) is 5.38 Å². The predicted molar refractivity (Wildman–Crippen MR) is 53.2 cm³/mol. The Morgan fingerprint density at radius 3 is 2.38 bits per heavy atom. The van der Waals surface area contributed by atoms with Crippen molar-refractivity contribution in [2.45, 2.75) is 13.3 Å². The van der Waals surface area contributed by atoms with Crippen LogP contribution in [0.4, 0.5) is 5.13 Å². The molecule has 1 aromatic heterocycles. The molecule has 0 saturated heterocycles. The summed E-state index contributed by atoms with van der Waals surface area (Å²) in [4.78, 5) is 3.71. The van der Waals surface area contributed by atoms with Crippen LogP contribution in [0.15, 0.2) is 11.6 Å². The Hall–Kier alpha value is -0.660. The summed E-state index contributed by atoms with van der Waals surface area (Å²) >= 11 is 1.44. The molecule has 1 aromatic rings. The second-order valence-electron chi connectivity index (χ2n) is 2.16. The van der Waals surface area contributed by atoms with Crippen LogP contribution in [0.25, 0.3) is 0 Å². The summed E-state index contributed by atoms with van der Waals surface area (Å²) in [6, 6.07) is 0. The summed E-state index contributed by atoms with van der Waals surface area (Å²) in [5.74, 6) is -0.132. The molecule has 0 fully saturated rings. The summed E-state index contributed by atoms with van der Waals surface area (Å²) in [5.41, 5.74) is 5.19. The lowest BCUT2D eigenvalue weighted by Crippen LogP contribution is -2.01. The van der Waals surface area contributed by atoms with Gasteiger partial charge >= 0.3 is 0 Å². The highest BCUT2D eigenvalue weighted by molar-refractivity contribution is 7.85. The third kappa shape index (κ3) is 9.25. The minimum absolute atomic E-state index is 0.132. The fourth-order valence-electron chi connectivity index (χ4n) is 0.492. The molecule has 5 nitrogen and oxygen atoms in total. The van der Waals surface area contributed by atoms with Crippen molar-refractivity contribution in [2.24, 2.45) is 0 Å². The maximum Gasteiger partial charge on any atom is 0.264 e. The second kappa shape index (κ2) is 5.90. The van der Waals surface area contributed by atoms with Gasteiger partial charge in [0.1, 0.15) is 0 Å². The van der Waals surface area contributed by atoms with Crippen LogP contribution in [-0.2, 0) is 10.1 Å². The minimum atomic E-state index is -3.67. The van der Waals surface area contributed by atoms with E-state index in [1.54, 1.807) is 13.1 Å². The standard InChI is InChI=1S/C3H4N2S.C3H8O3S/c4-3-5-1-2-6-3;1-2-3-7(4,5)6/h1-2H,(H2,4,5);2-3H2,1H3,(H,4,5,6). The van der Waals surface area contributed by atoms with Crippen LogP contribution in [0, 0.1) is 0 Å². The van der Waals surface area contributed by atoms with E-state index in [-0.39, 0.29) is 5.75 Å². The molecule has 0 aromatic carbocycles. The largest absolute Gasteiger partial charge is 0.375 e. The highest BCUT2D eigenvalue weighted by atomic mass is 32.2.